The summed E-state index contributed by atoms with van der Waals surface area (Å²) in [7, 11) is 0. The van der Waals surface area contributed by atoms with Crippen LogP contribution in [0, 0.1) is 5.92 Å². The normalized spacial score (nSPS) is 23.1. The van der Waals surface area contributed by atoms with Gasteiger partial charge in [-0.05, 0) is 31.8 Å². The Morgan fingerprint density at radius 3 is 2.85 bits per heavy atom. The molecule has 3 rings (SSSR count). The summed E-state index contributed by atoms with van der Waals surface area (Å²) in [6.07, 6.45) is 3.43. The van der Waals surface area contributed by atoms with Crippen molar-refractivity contribution in [3.63, 3.8) is 0 Å². The molecule has 13 heavy (non-hydrogen) atoms. The lowest BCUT2D eigenvalue weighted by atomic mass is 9.99. The van der Waals surface area contributed by atoms with E-state index in [1.807, 2.05) is 0 Å². The summed E-state index contributed by atoms with van der Waals surface area (Å²) in [6, 6.07) is 0. The first-order valence-electron chi connectivity index (χ1n) is 4.95. The SMILES string of the molecule is C1NCC1Cc1noc(C2CC2)n1. The molecule has 0 spiro atoms. The lowest BCUT2D eigenvalue weighted by molar-refractivity contribution is 0.329. The number of hydrogen-bond acceptors (Lipinski definition) is 4. The average Bonchev–Trinajstić information content (AvgIpc) is 2.80. The van der Waals surface area contributed by atoms with E-state index < -0.39 is 0 Å². The van der Waals surface area contributed by atoms with Crippen molar-refractivity contribution in [2.45, 2.75) is 25.2 Å². The molecular weight excluding hydrogens is 166 g/mol. The van der Waals surface area contributed by atoms with Crippen LogP contribution in [-0.2, 0) is 6.42 Å². The molecule has 0 radical (unpaired) electrons. The monoisotopic (exact) mass is 179 g/mol. The van der Waals surface area contributed by atoms with E-state index in [1.54, 1.807) is 0 Å². The van der Waals surface area contributed by atoms with Crippen LogP contribution < -0.4 is 5.32 Å². The van der Waals surface area contributed by atoms with Gasteiger partial charge in [0, 0.05) is 12.3 Å². The molecule has 4 nitrogen and oxygen atoms in total. The van der Waals surface area contributed by atoms with E-state index in [-0.39, 0.29) is 0 Å². The fourth-order valence-corrected chi connectivity index (χ4v) is 1.60. The van der Waals surface area contributed by atoms with E-state index in [2.05, 4.69) is 15.5 Å². The van der Waals surface area contributed by atoms with Crippen molar-refractivity contribution in [2.24, 2.45) is 5.92 Å². The fraction of sp³-hybridized carbons (Fsp3) is 0.778. The zero-order valence-corrected chi connectivity index (χ0v) is 7.49. The molecule has 4 heteroatoms. The molecule has 1 saturated heterocycles. The Morgan fingerprint density at radius 2 is 2.23 bits per heavy atom. The van der Waals surface area contributed by atoms with Crippen LogP contribution in [0.2, 0.25) is 0 Å². The summed E-state index contributed by atoms with van der Waals surface area (Å²) < 4.78 is 5.18. The number of aromatic nitrogens is 2. The highest BCUT2D eigenvalue weighted by atomic mass is 16.5. The third-order valence-corrected chi connectivity index (χ3v) is 2.75. The van der Waals surface area contributed by atoms with Gasteiger partial charge >= 0.3 is 0 Å². The summed E-state index contributed by atoms with van der Waals surface area (Å²) in [5.41, 5.74) is 0. The minimum Gasteiger partial charge on any atom is -0.339 e. The van der Waals surface area contributed by atoms with Gasteiger partial charge in [0.25, 0.3) is 0 Å². The van der Waals surface area contributed by atoms with Gasteiger partial charge in [0.05, 0.1) is 0 Å². The Labute approximate surface area is 76.7 Å². The number of hydrogen-bond donors (Lipinski definition) is 1. The second kappa shape index (κ2) is 2.80. The zero-order valence-electron chi connectivity index (χ0n) is 7.49. The molecule has 1 saturated carbocycles. The van der Waals surface area contributed by atoms with Crippen molar-refractivity contribution in [3.8, 4) is 0 Å². The maximum Gasteiger partial charge on any atom is 0.229 e. The van der Waals surface area contributed by atoms with Crippen LogP contribution in [-0.4, -0.2) is 23.2 Å². The topological polar surface area (TPSA) is 51.0 Å². The molecule has 70 valence electrons. The van der Waals surface area contributed by atoms with Crippen LogP contribution in [0.1, 0.15) is 30.5 Å². The van der Waals surface area contributed by atoms with Crippen LogP contribution in [0.25, 0.3) is 0 Å². The molecule has 1 aliphatic heterocycles. The molecule has 2 heterocycles. The van der Waals surface area contributed by atoms with Gasteiger partial charge in [0.2, 0.25) is 5.89 Å². The van der Waals surface area contributed by atoms with Crippen LogP contribution in [0.5, 0.6) is 0 Å². The predicted molar refractivity (Wildman–Crippen MR) is 46.3 cm³/mol. The number of nitrogens with one attached hydrogen (secondary N) is 1. The Bertz CT molecular complexity index is 302. The van der Waals surface area contributed by atoms with Gasteiger partial charge in [-0.2, -0.15) is 4.98 Å². The molecule has 1 aromatic rings. The molecular formula is C9H13N3O. The van der Waals surface area contributed by atoms with Gasteiger partial charge in [-0.1, -0.05) is 5.16 Å². The Hall–Kier alpha value is -0.900. The van der Waals surface area contributed by atoms with Gasteiger partial charge in [-0.25, -0.2) is 0 Å². The van der Waals surface area contributed by atoms with Crippen LogP contribution in [0.3, 0.4) is 0 Å². The van der Waals surface area contributed by atoms with Gasteiger partial charge in [-0.15, -0.1) is 0 Å². The Kier molecular flexibility index (Phi) is 1.62. The van der Waals surface area contributed by atoms with Gasteiger partial charge in [-0.3, -0.25) is 0 Å². The van der Waals surface area contributed by atoms with Gasteiger partial charge in [0.15, 0.2) is 5.82 Å². The van der Waals surface area contributed by atoms with E-state index >= 15 is 0 Å². The van der Waals surface area contributed by atoms with Crippen molar-refractivity contribution >= 4 is 0 Å². The van der Waals surface area contributed by atoms with Crippen molar-refractivity contribution in [2.75, 3.05) is 13.1 Å². The minimum atomic E-state index is 0.584. The molecule has 0 unspecified atom stereocenters. The van der Waals surface area contributed by atoms with E-state index in [0.29, 0.717) is 5.92 Å². The smallest absolute Gasteiger partial charge is 0.229 e. The molecule has 0 bridgehead atoms. The maximum atomic E-state index is 5.18. The highest BCUT2D eigenvalue weighted by Gasteiger charge is 2.30. The lowest BCUT2D eigenvalue weighted by Crippen LogP contribution is -2.43. The Morgan fingerprint density at radius 1 is 1.38 bits per heavy atom. The molecule has 1 N–H and O–H groups in total. The number of nitrogens with zero attached hydrogens (tertiary/aromatic N) is 2. The largest absolute Gasteiger partial charge is 0.339 e. The lowest BCUT2D eigenvalue weighted by Gasteiger charge is -2.25. The first-order valence-corrected chi connectivity index (χ1v) is 4.95. The molecule has 1 aromatic heterocycles. The summed E-state index contributed by atoms with van der Waals surface area (Å²) in [4.78, 5) is 4.39. The van der Waals surface area contributed by atoms with Crippen LogP contribution in [0.4, 0.5) is 0 Å². The third kappa shape index (κ3) is 1.46. The van der Waals surface area contributed by atoms with E-state index in [9.17, 15) is 0 Å². The second-order valence-corrected chi connectivity index (χ2v) is 4.05. The van der Waals surface area contributed by atoms with Crippen molar-refractivity contribution in [3.05, 3.63) is 11.7 Å². The molecule has 0 amide bonds. The van der Waals surface area contributed by atoms with E-state index in [0.717, 1.165) is 37.1 Å². The first kappa shape index (κ1) is 7.50. The van der Waals surface area contributed by atoms with Crippen molar-refractivity contribution in [1.29, 1.82) is 0 Å². The number of rotatable bonds is 3. The highest BCUT2D eigenvalue weighted by Crippen LogP contribution is 2.38. The summed E-state index contributed by atoms with van der Waals surface area (Å²) in [5.74, 6) is 3.07. The zero-order chi connectivity index (χ0) is 8.67. The first-order chi connectivity index (χ1) is 6.42. The van der Waals surface area contributed by atoms with E-state index in [1.165, 1.54) is 12.8 Å². The molecule has 0 atom stereocenters. The quantitative estimate of drug-likeness (QED) is 0.742. The minimum absolute atomic E-state index is 0.584. The average molecular weight is 179 g/mol. The maximum absolute atomic E-state index is 5.18. The standard InChI is InChI=1S/C9H13N3O/c1-2-7(1)9-11-8(12-13-9)3-6-4-10-5-6/h6-7,10H,1-5H2. The van der Waals surface area contributed by atoms with Gasteiger partial charge in [0.1, 0.15) is 0 Å². The Balaban J connectivity index is 1.66. The van der Waals surface area contributed by atoms with Crippen molar-refractivity contribution in [1.82, 2.24) is 15.5 Å². The molecule has 2 fully saturated rings. The molecule has 1 aliphatic carbocycles. The summed E-state index contributed by atoms with van der Waals surface area (Å²) in [6.45, 7) is 2.21. The molecule has 0 aromatic carbocycles. The van der Waals surface area contributed by atoms with Crippen molar-refractivity contribution < 1.29 is 4.52 Å². The highest BCUT2D eigenvalue weighted by molar-refractivity contribution is 5.02. The molecule has 2 aliphatic rings. The van der Waals surface area contributed by atoms with Crippen LogP contribution in [0.15, 0.2) is 4.52 Å². The summed E-state index contributed by atoms with van der Waals surface area (Å²) in [5, 5.41) is 7.22. The van der Waals surface area contributed by atoms with Gasteiger partial charge < -0.3 is 9.84 Å². The summed E-state index contributed by atoms with van der Waals surface area (Å²) >= 11 is 0. The second-order valence-electron chi connectivity index (χ2n) is 4.05. The third-order valence-electron chi connectivity index (χ3n) is 2.75. The van der Waals surface area contributed by atoms with Crippen LogP contribution >= 0.6 is 0 Å². The fourth-order valence-electron chi connectivity index (χ4n) is 1.60. The van der Waals surface area contributed by atoms with E-state index in [4.69, 9.17) is 4.52 Å². The predicted octanol–water partition coefficient (Wildman–Crippen LogP) is 0.709.